The molecule has 0 spiro atoms. The van der Waals surface area contributed by atoms with Crippen LogP contribution in [-0.4, -0.2) is 4.21 Å². The highest BCUT2D eigenvalue weighted by atomic mass is 32.2. The molecule has 0 heterocycles. The number of hydrogen-bond donors (Lipinski definition) is 0. The summed E-state index contributed by atoms with van der Waals surface area (Å²) in [5, 5.41) is 0. The van der Waals surface area contributed by atoms with Crippen molar-refractivity contribution in [2.24, 2.45) is 0 Å². The standard InChI is InChI=1S/C15H16OS/c1-13-7-9-15(10-8-13)12-17(16)11-14-5-3-2-4-6-14/h2-10H,11-12H2,1H3/t17-/m1/s1. The molecule has 2 heteroatoms. The van der Waals surface area contributed by atoms with Gasteiger partial charge >= 0.3 is 0 Å². The summed E-state index contributed by atoms with van der Waals surface area (Å²) in [6.45, 7) is 2.06. The summed E-state index contributed by atoms with van der Waals surface area (Å²) in [5.41, 5.74) is 3.52. The van der Waals surface area contributed by atoms with Gasteiger partial charge in [-0.05, 0) is 18.1 Å². The summed E-state index contributed by atoms with van der Waals surface area (Å²) in [4.78, 5) is 0. The fraction of sp³-hybridized carbons (Fsp3) is 0.200. The SMILES string of the molecule is Cc1ccc(C[S@](=O)Cc2ccccc2)cc1. The summed E-state index contributed by atoms with van der Waals surface area (Å²) in [6, 6.07) is 18.2. The summed E-state index contributed by atoms with van der Waals surface area (Å²) >= 11 is 0. The van der Waals surface area contributed by atoms with Gasteiger partial charge in [0.25, 0.3) is 0 Å². The molecule has 0 radical (unpaired) electrons. The highest BCUT2D eigenvalue weighted by molar-refractivity contribution is 7.83. The van der Waals surface area contributed by atoms with E-state index in [1.807, 2.05) is 30.3 Å². The van der Waals surface area contributed by atoms with E-state index < -0.39 is 10.8 Å². The Morgan fingerprint density at radius 1 is 0.824 bits per heavy atom. The second-order valence-corrected chi connectivity index (χ2v) is 5.66. The predicted molar refractivity (Wildman–Crippen MR) is 73.2 cm³/mol. The van der Waals surface area contributed by atoms with Crippen LogP contribution in [0.1, 0.15) is 16.7 Å². The van der Waals surface area contributed by atoms with E-state index in [9.17, 15) is 4.21 Å². The molecule has 2 aromatic rings. The molecule has 0 aliphatic heterocycles. The van der Waals surface area contributed by atoms with Crippen molar-refractivity contribution in [3.63, 3.8) is 0 Å². The Labute approximate surface area is 105 Å². The second-order valence-electron chi connectivity index (χ2n) is 4.20. The average Bonchev–Trinajstić information content (AvgIpc) is 2.33. The van der Waals surface area contributed by atoms with Crippen molar-refractivity contribution in [2.45, 2.75) is 18.4 Å². The van der Waals surface area contributed by atoms with Crippen molar-refractivity contribution in [1.82, 2.24) is 0 Å². The monoisotopic (exact) mass is 244 g/mol. The fourth-order valence-corrected chi connectivity index (χ4v) is 2.91. The van der Waals surface area contributed by atoms with Gasteiger partial charge in [0, 0.05) is 22.3 Å². The van der Waals surface area contributed by atoms with E-state index in [-0.39, 0.29) is 0 Å². The molecule has 0 N–H and O–H groups in total. The number of hydrogen-bond acceptors (Lipinski definition) is 1. The van der Waals surface area contributed by atoms with Crippen molar-refractivity contribution < 1.29 is 4.21 Å². The zero-order valence-electron chi connectivity index (χ0n) is 9.93. The molecule has 1 nitrogen and oxygen atoms in total. The third-order valence-electron chi connectivity index (χ3n) is 2.62. The molecule has 0 aliphatic carbocycles. The van der Waals surface area contributed by atoms with Crippen molar-refractivity contribution in [1.29, 1.82) is 0 Å². The lowest BCUT2D eigenvalue weighted by Gasteiger charge is -2.03. The van der Waals surface area contributed by atoms with Crippen LogP contribution in [0.2, 0.25) is 0 Å². The summed E-state index contributed by atoms with van der Waals surface area (Å²) < 4.78 is 12.0. The maximum Gasteiger partial charge on any atom is 0.0489 e. The van der Waals surface area contributed by atoms with Crippen LogP contribution in [0, 0.1) is 6.92 Å². The Morgan fingerprint density at radius 2 is 1.35 bits per heavy atom. The van der Waals surface area contributed by atoms with E-state index in [0.717, 1.165) is 11.1 Å². The normalized spacial score (nSPS) is 12.3. The molecule has 0 aromatic heterocycles. The molecular weight excluding hydrogens is 228 g/mol. The lowest BCUT2D eigenvalue weighted by Crippen LogP contribution is -1.99. The van der Waals surface area contributed by atoms with Gasteiger partial charge in [0.1, 0.15) is 0 Å². The number of rotatable bonds is 4. The van der Waals surface area contributed by atoms with E-state index in [4.69, 9.17) is 0 Å². The molecule has 2 rings (SSSR count). The zero-order valence-corrected chi connectivity index (χ0v) is 10.7. The molecule has 0 aliphatic rings. The van der Waals surface area contributed by atoms with Crippen LogP contribution in [0.3, 0.4) is 0 Å². The Kier molecular flexibility index (Phi) is 4.10. The van der Waals surface area contributed by atoms with Crippen LogP contribution in [0.25, 0.3) is 0 Å². The van der Waals surface area contributed by atoms with Crippen molar-refractivity contribution in [3.05, 3.63) is 71.3 Å². The predicted octanol–water partition coefficient (Wildman–Crippen LogP) is 3.44. The van der Waals surface area contributed by atoms with Crippen LogP contribution in [0.5, 0.6) is 0 Å². The first kappa shape index (κ1) is 12.1. The molecule has 0 saturated heterocycles. The highest BCUT2D eigenvalue weighted by Crippen LogP contribution is 2.10. The minimum Gasteiger partial charge on any atom is -0.259 e. The molecule has 0 fully saturated rings. The van der Waals surface area contributed by atoms with Gasteiger partial charge in [-0.2, -0.15) is 0 Å². The molecule has 17 heavy (non-hydrogen) atoms. The Balaban J connectivity index is 1.96. The third kappa shape index (κ3) is 3.82. The van der Waals surface area contributed by atoms with Crippen LogP contribution < -0.4 is 0 Å². The van der Waals surface area contributed by atoms with Crippen LogP contribution in [-0.2, 0) is 22.3 Å². The molecule has 0 saturated carbocycles. The highest BCUT2D eigenvalue weighted by Gasteiger charge is 2.02. The van der Waals surface area contributed by atoms with Crippen LogP contribution in [0.15, 0.2) is 54.6 Å². The summed E-state index contributed by atoms with van der Waals surface area (Å²) in [6.07, 6.45) is 0. The van der Waals surface area contributed by atoms with Gasteiger partial charge < -0.3 is 0 Å². The quantitative estimate of drug-likeness (QED) is 0.805. The summed E-state index contributed by atoms with van der Waals surface area (Å²) in [7, 11) is -0.829. The van der Waals surface area contributed by atoms with E-state index in [1.165, 1.54) is 5.56 Å². The molecule has 88 valence electrons. The van der Waals surface area contributed by atoms with Gasteiger partial charge in [0.05, 0.1) is 0 Å². The smallest absolute Gasteiger partial charge is 0.0489 e. The number of benzene rings is 2. The maximum absolute atomic E-state index is 12.0. The second kappa shape index (κ2) is 5.78. The van der Waals surface area contributed by atoms with Gasteiger partial charge in [0.2, 0.25) is 0 Å². The topological polar surface area (TPSA) is 17.1 Å². The van der Waals surface area contributed by atoms with E-state index >= 15 is 0 Å². The average molecular weight is 244 g/mol. The van der Waals surface area contributed by atoms with Crippen LogP contribution in [0.4, 0.5) is 0 Å². The lowest BCUT2D eigenvalue weighted by atomic mass is 10.2. The molecule has 1 atom stereocenters. The molecular formula is C15H16OS. The maximum atomic E-state index is 12.0. The Hall–Kier alpha value is -1.41. The van der Waals surface area contributed by atoms with Gasteiger partial charge in [-0.3, -0.25) is 4.21 Å². The molecule has 0 unspecified atom stereocenters. The first-order valence-corrected chi connectivity index (χ1v) is 7.17. The minimum absolute atomic E-state index is 0.634. The number of aryl methyl sites for hydroxylation is 1. The van der Waals surface area contributed by atoms with Gasteiger partial charge in [0.15, 0.2) is 0 Å². The van der Waals surface area contributed by atoms with E-state index in [0.29, 0.717) is 11.5 Å². The Bertz CT molecular complexity index is 488. The van der Waals surface area contributed by atoms with E-state index in [2.05, 4.69) is 31.2 Å². The molecule has 0 bridgehead atoms. The van der Waals surface area contributed by atoms with Crippen LogP contribution >= 0.6 is 0 Å². The Morgan fingerprint density at radius 3 is 1.94 bits per heavy atom. The fourth-order valence-electron chi connectivity index (χ4n) is 1.68. The first-order valence-electron chi connectivity index (χ1n) is 5.68. The largest absolute Gasteiger partial charge is 0.259 e. The van der Waals surface area contributed by atoms with Gasteiger partial charge in [-0.25, -0.2) is 0 Å². The van der Waals surface area contributed by atoms with Crippen molar-refractivity contribution >= 4 is 10.8 Å². The van der Waals surface area contributed by atoms with Crippen molar-refractivity contribution in [2.75, 3.05) is 0 Å². The molecule has 0 amide bonds. The minimum atomic E-state index is -0.829. The molecule has 2 aromatic carbocycles. The van der Waals surface area contributed by atoms with Crippen molar-refractivity contribution in [3.8, 4) is 0 Å². The zero-order chi connectivity index (χ0) is 12.1. The van der Waals surface area contributed by atoms with E-state index in [1.54, 1.807) is 0 Å². The first-order chi connectivity index (χ1) is 8.24. The third-order valence-corrected chi connectivity index (χ3v) is 3.93. The summed E-state index contributed by atoms with van der Waals surface area (Å²) in [5.74, 6) is 1.27. The lowest BCUT2D eigenvalue weighted by molar-refractivity contribution is 0.682. The van der Waals surface area contributed by atoms with Gasteiger partial charge in [-0.1, -0.05) is 60.2 Å². The van der Waals surface area contributed by atoms with Gasteiger partial charge in [-0.15, -0.1) is 0 Å².